The molecule has 3 aromatic rings. The van der Waals surface area contributed by atoms with Crippen molar-refractivity contribution in [1.29, 1.82) is 0 Å². The number of halogens is 2. The van der Waals surface area contributed by atoms with E-state index >= 15 is 4.39 Å². The minimum absolute atomic E-state index is 0.0270. The molecule has 1 saturated heterocycles. The number of amides is 1. The smallest absolute Gasteiger partial charge is 0.236 e. The van der Waals surface area contributed by atoms with Crippen molar-refractivity contribution in [1.82, 2.24) is 24.4 Å². The first kappa shape index (κ1) is 18.7. The Kier molecular flexibility index (Phi) is 4.47. The van der Waals surface area contributed by atoms with Gasteiger partial charge in [0.05, 0.1) is 24.0 Å². The first-order valence-electron chi connectivity index (χ1n) is 9.72. The molecule has 1 unspecified atom stereocenters. The molecule has 4 heterocycles. The van der Waals surface area contributed by atoms with Crippen LogP contribution < -0.4 is 5.43 Å². The quantitative estimate of drug-likeness (QED) is 0.715. The summed E-state index contributed by atoms with van der Waals surface area (Å²) >= 11 is 0. The summed E-state index contributed by atoms with van der Waals surface area (Å²) in [7, 11) is 1.79. The Morgan fingerprint density at radius 1 is 1.27 bits per heavy atom. The van der Waals surface area contributed by atoms with Crippen LogP contribution >= 0.6 is 0 Å². The topological polar surface area (TPSA) is 66.3 Å². The summed E-state index contributed by atoms with van der Waals surface area (Å²) in [4.78, 5) is 24.2. The Balaban J connectivity index is 1.43. The van der Waals surface area contributed by atoms with E-state index in [-0.39, 0.29) is 35.0 Å². The van der Waals surface area contributed by atoms with Crippen LogP contribution in [0.3, 0.4) is 0 Å². The number of carbonyl (C=O) groups is 1. The molecule has 0 bridgehead atoms. The molecule has 30 heavy (non-hydrogen) atoms. The zero-order valence-electron chi connectivity index (χ0n) is 16.3. The van der Waals surface area contributed by atoms with Gasteiger partial charge in [0.2, 0.25) is 5.91 Å². The highest BCUT2D eigenvalue weighted by Crippen LogP contribution is 2.26. The lowest BCUT2D eigenvalue weighted by atomic mass is 10.0. The predicted octanol–water partition coefficient (Wildman–Crippen LogP) is 1.97. The van der Waals surface area contributed by atoms with Crippen LogP contribution in [0.4, 0.5) is 8.78 Å². The standard InChI is InChI=1S/C21H20F2N6O/c1-27-7-8-28(12-20(27)30)19-5-4-18-25-11-13(29(18)26-19)9-15-16(22)10-17-14(21(15)23)3-2-6-24-17/h2-6,10-11,19,26H,7-9,12H2,1H3. The van der Waals surface area contributed by atoms with Gasteiger partial charge in [0, 0.05) is 49.8 Å². The van der Waals surface area contributed by atoms with Crippen LogP contribution in [0.5, 0.6) is 0 Å². The SMILES string of the molecule is CN1CCN(C2C=Cc3ncc(Cc4c(F)cc5ncccc5c4F)n3N2)CC1=O. The van der Waals surface area contributed by atoms with Crippen LogP contribution in [0, 0.1) is 11.6 Å². The number of imidazole rings is 1. The Morgan fingerprint density at radius 2 is 2.13 bits per heavy atom. The summed E-state index contributed by atoms with van der Waals surface area (Å²) in [6.45, 7) is 1.68. The zero-order valence-corrected chi connectivity index (χ0v) is 16.3. The third-order valence-corrected chi connectivity index (χ3v) is 5.68. The number of benzene rings is 1. The van der Waals surface area contributed by atoms with Gasteiger partial charge in [0.25, 0.3) is 0 Å². The average molecular weight is 410 g/mol. The minimum Gasteiger partial charge on any atom is -0.343 e. The molecule has 0 aliphatic carbocycles. The molecule has 9 heteroatoms. The van der Waals surface area contributed by atoms with Gasteiger partial charge in [0.1, 0.15) is 17.8 Å². The largest absolute Gasteiger partial charge is 0.343 e. The van der Waals surface area contributed by atoms with E-state index in [1.807, 2.05) is 17.1 Å². The van der Waals surface area contributed by atoms with E-state index in [1.165, 1.54) is 12.3 Å². The van der Waals surface area contributed by atoms with Crippen LogP contribution in [-0.4, -0.2) is 63.2 Å². The molecule has 0 radical (unpaired) electrons. The lowest BCUT2D eigenvalue weighted by Crippen LogP contribution is -2.55. The summed E-state index contributed by atoms with van der Waals surface area (Å²) in [5, 5.41) is 0.286. The molecule has 154 valence electrons. The van der Waals surface area contributed by atoms with E-state index in [9.17, 15) is 9.18 Å². The van der Waals surface area contributed by atoms with Gasteiger partial charge in [-0.2, -0.15) is 0 Å². The molecule has 1 amide bonds. The highest BCUT2D eigenvalue weighted by atomic mass is 19.1. The third kappa shape index (κ3) is 3.11. The van der Waals surface area contributed by atoms with Crippen molar-refractivity contribution in [2.24, 2.45) is 0 Å². The zero-order chi connectivity index (χ0) is 20.8. The molecule has 2 aromatic heterocycles. The van der Waals surface area contributed by atoms with Crippen molar-refractivity contribution in [2.75, 3.05) is 32.1 Å². The maximum absolute atomic E-state index is 15.0. The van der Waals surface area contributed by atoms with Gasteiger partial charge in [-0.1, -0.05) is 0 Å². The fourth-order valence-electron chi connectivity index (χ4n) is 3.90. The number of aromatic nitrogens is 3. The van der Waals surface area contributed by atoms with Crippen molar-refractivity contribution in [3.05, 3.63) is 65.4 Å². The first-order chi connectivity index (χ1) is 14.5. The maximum Gasteiger partial charge on any atom is 0.236 e. The summed E-state index contributed by atoms with van der Waals surface area (Å²) in [5.41, 5.74) is 4.20. The molecule has 1 N–H and O–H groups in total. The lowest BCUT2D eigenvalue weighted by molar-refractivity contribution is -0.134. The number of hydrogen-bond acceptors (Lipinski definition) is 5. The number of carbonyl (C=O) groups excluding carboxylic acids is 1. The van der Waals surface area contributed by atoms with Gasteiger partial charge in [0.15, 0.2) is 5.82 Å². The number of fused-ring (bicyclic) bond motifs is 2. The van der Waals surface area contributed by atoms with Gasteiger partial charge < -0.3 is 10.3 Å². The Bertz CT molecular complexity index is 1170. The summed E-state index contributed by atoms with van der Waals surface area (Å²) in [5.74, 6) is -0.546. The van der Waals surface area contributed by atoms with E-state index in [4.69, 9.17) is 0 Å². The Hall–Kier alpha value is -3.33. The fraction of sp³-hybridized carbons (Fsp3) is 0.286. The van der Waals surface area contributed by atoms with E-state index in [1.54, 1.807) is 35.0 Å². The number of pyridine rings is 1. The molecular weight excluding hydrogens is 390 g/mol. The highest BCUT2D eigenvalue weighted by molar-refractivity contribution is 5.80. The second-order valence-electron chi connectivity index (χ2n) is 7.56. The van der Waals surface area contributed by atoms with Crippen LogP contribution in [0.25, 0.3) is 17.0 Å². The molecule has 0 saturated carbocycles. The van der Waals surface area contributed by atoms with Gasteiger partial charge in [-0.05, 0) is 24.3 Å². The Labute approximate surface area is 171 Å². The summed E-state index contributed by atoms with van der Waals surface area (Å²) in [6, 6.07) is 4.48. The Morgan fingerprint density at radius 3 is 2.97 bits per heavy atom. The molecular formula is C21H20F2N6O. The molecule has 1 aromatic carbocycles. The second kappa shape index (κ2) is 7.17. The van der Waals surface area contributed by atoms with Crippen LogP contribution in [0.2, 0.25) is 0 Å². The van der Waals surface area contributed by atoms with E-state index in [0.29, 0.717) is 24.6 Å². The molecule has 2 aliphatic rings. The van der Waals surface area contributed by atoms with Crippen molar-refractivity contribution in [3.63, 3.8) is 0 Å². The summed E-state index contributed by atoms with van der Waals surface area (Å²) in [6.07, 6.45) is 6.73. The minimum atomic E-state index is -0.637. The number of nitrogens with one attached hydrogen (secondary N) is 1. The average Bonchev–Trinajstić information content (AvgIpc) is 3.15. The maximum atomic E-state index is 15.0. The van der Waals surface area contributed by atoms with E-state index in [0.717, 1.165) is 6.54 Å². The van der Waals surface area contributed by atoms with Crippen LogP contribution in [-0.2, 0) is 11.2 Å². The molecule has 7 nitrogen and oxygen atoms in total. The normalized spacial score (nSPS) is 19.2. The second-order valence-corrected chi connectivity index (χ2v) is 7.56. The third-order valence-electron chi connectivity index (χ3n) is 5.68. The fourth-order valence-corrected chi connectivity index (χ4v) is 3.90. The number of piperazine rings is 1. The number of hydrogen-bond donors (Lipinski definition) is 1. The van der Waals surface area contributed by atoms with Crippen molar-refractivity contribution < 1.29 is 13.6 Å². The van der Waals surface area contributed by atoms with E-state index in [2.05, 4.69) is 15.4 Å². The first-order valence-corrected chi connectivity index (χ1v) is 9.72. The number of likely N-dealkylation sites (N-methyl/N-ethyl adjacent to an activating group) is 1. The number of nitrogens with zero attached hydrogens (tertiary/aromatic N) is 5. The molecule has 5 rings (SSSR count). The molecule has 2 aliphatic heterocycles. The van der Waals surface area contributed by atoms with Crippen molar-refractivity contribution in [2.45, 2.75) is 12.6 Å². The predicted molar refractivity (Wildman–Crippen MR) is 108 cm³/mol. The van der Waals surface area contributed by atoms with Crippen molar-refractivity contribution >= 4 is 22.9 Å². The lowest BCUT2D eigenvalue weighted by Gasteiger charge is -2.38. The molecule has 1 fully saturated rings. The van der Waals surface area contributed by atoms with Crippen LogP contribution in [0.15, 0.2) is 36.7 Å². The molecule has 0 spiro atoms. The monoisotopic (exact) mass is 410 g/mol. The van der Waals surface area contributed by atoms with Gasteiger partial charge in [-0.3, -0.25) is 14.7 Å². The van der Waals surface area contributed by atoms with E-state index < -0.39 is 11.6 Å². The van der Waals surface area contributed by atoms with Gasteiger partial charge in [-0.25, -0.2) is 18.4 Å². The summed E-state index contributed by atoms with van der Waals surface area (Å²) < 4.78 is 31.4. The van der Waals surface area contributed by atoms with Gasteiger partial charge in [-0.15, -0.1) is 0 Å². The molecule has 1 atom stereocenters. The van der Waals surface area contributed by atoms with Crippen molar-refractivity contribution in [3.8, 4) is 0 Å². The number of rotatable bonds is 3. The van der Waals surface area contributed by atoms with Gasteiger partial charge >= 0.3 is 0 Å². The highest BCUT2D eigenvalue weighted by Gasteiger charge is 2.28. The van der Waals surface area contributed by atoms with Crippen LogP contribution in [0.1, 0.15) is 17.1 Å².